The second-order valence-corrected chi connectivity index (χ2v) is 3.79. The van der Waals surface area contributed by atoms with Crippen molar-refractivity contribution in [3.05, 3.63) is 23.3 Å². The van der Waals surface area contributed by atoms with Gasteiger partial charge in [-0.05, 0) is 37.8 Å². The molecule has 0 saturated carbocycles. The third-order valence-electron chi connectivity index (χ3n) is 2.46. The van der Waals surface area contributed by atoms with E-state index in [4.69, 9.17) is 5.41 Å². The Bertz CT molecular complexity index is 246. The molecule has 0 radical (unpaired) electrons. The monoisotopic (exact) mass is 177 g/mol. The molecule has 0 saturated heterocycles. The summed E-state index contributed by atoms with van der Waals surface area (Å²) in [5.41, 5.74) is 3.29. The molecule has 1 aliphatic carbocycles. The Hall–Kier alpha value is -0.850. The molecule has 0 aromatic carbocycles. The van der Waals surface area contributed by atoms with Gasteiger partial charge in [-0.1, -0.05) is 31.4 Å². The molecule has 1 rings (SSSR count). The molecule has 0 heterocycles. The van der Waals surface area contributed by atoms with Gasteiger partial charge in [0.25, 0.3) is 0 Å². The normalized spacial score (nSPS) is 16.9. The van der Waals surface area contributed by atoms with E-state index in [1.54, 1.807) is 0 Å². The zero-order chi connectivity index (χ0) is 9.68. The maximum absolute atomic E-state index is 7.77. The van der Waals surface area contributed by atoms with Gasteiger partial charge in [0.2, 0.25) is 0 Å². The van der Waals surface area contributed by atoms with Gasteiger partial charge in [-0.2, -0.15) is 0 Å². The molecule has 1 N–H and O–H groups in total. The molecule has 0 aromatic heterocycles. The lowest BCUT2D eigenvalue weighted by molar-refractivity contribution is 0.720. The van der Waals surface area contributed by atoms with Crippen molar-refractivity contribution in [1.29, 1.82) is 5.41 Å². The molecular weight excluding hydrogens is 158 g/mol. The molecule has 13 heavy (non-hydrogen) atoms. The SMILES string of the molecule is CCCCCC1=CCC(C)=CC1=N. The van der Waals surface area contributed by atoms with Crippen LogP contribution in [0.5, 0.6) is 0 Å². The lowest BCUT2D eigenvalue weighted by atomic mass is 9.94. The van der Waals surface area contributed by atoms with E-state index in [0.717, 1.165) is 18.6 Å². The van der Waals surface area contributed by atoms with Crippen molar-refractivity contribution in [1.82, 2.24) is 0 Å². The van der Waals surface area contributed by atoms with Crippen LogP contribution in [0.2, 0.25) is 0 Å². The number of unbranched alkanes of at least 4 members (excludes halogenated alkanes) is 2. The summed E-state index contributed by atoms with van der Waals surface area (Å²) in [5, 5.41) is 7.77. The van der Waals surface area contributed by atoms with Gasteiger partial charge in [0.1, 0.15) is 0 Å². The van der Waals surface area contributed by atoms with Gasteiger partial charge in [-0.3, -0.25) is 0 Å². The van der Waals surface area contributed by atoms with E-state index in [-0.39, 0.29) is 0 Å². The predicted molar refractivity (Wildman–Crippen MR) is 58.3 cm³/mol. The highest BCUT2D eigenvalue weighted by Gasteiger charge is 2.07. The van der Waals surface area contributed by atoms with Crippen molar-refractivity contribution < 1.29 is 0 Å². The Balaban J connectivity index is 2.39. The average molecular weight is 177 g/mol. The van der Waals surface area contributed by atoms with Crippen molar-refractivity contribution in [3.63, 3.8) is 0 Å². The maximum atomic E-state index is 7.77. The third-order valence-corrected chi connectivity index (χ3v) is 2.46. The molecule has 0 unspecified atom stereocenters. The summed E-state index contributed by atoms with van der Waals surface area (Å²) in [7, 11) is 0. The van der Waals surface area contributed by atoms with Crippen LogP contribution in [0, 0.1) is 5.41 Å². The van der Waals surface area contributed by atoms with E-state index < -0.39 is 0 Å². The summed E-state index contributed by atoms with van der Waals surface area (Å²) in [4.78, 5) is 0. The molecule has 0 atom stereocenters. The number of hydrogen-bond donors (Lipinski definition) is 1. The van der Waals surface area contributed by atoms with Gasteiger partial charge < -0.3 is 5.41 Å². The van der Waals surface area contributed by atoms with E-state index in [2.05, 4.69) is 19.9 Å². The van der Waals surface area contributed by atoms with Crippen molar-refractivity contribution in [2.45, 2.75) is 46.0 Å². The van der Waals surface area contributed by atoms with Crippen molar-refractivity contribution in [2.24, 2.45) is 0 Å². The molecule has 1 aliphatic rings. The standard InChI is InChI=1S/C12H19N/c1-3-4-5-6-11-8-7-10(2)9-12(11)13/h8-9,13H,3-7H2,1-2H3. The van der Waals surface area contributed by atoms with E-state index in [0.29, 0.717) is 0 Å². The summed E-state index contributed by atoms with van der Waals surface area (Å²) < 4.78 is 0. The highest BCUT2D eigenvalue weighted by molar-refractivity contribution is 6.07. The van der Waals surface area contributed by atoms with Crippen LogP contribution < -0.4 is 0 Å². The molecule has 0 spiro atoms. The van der Waals surface area contributed by atoms with Crippen molar-refractivity contribution >= 4 is 5.71 Å². The lowest BCUT2D eigenvalue weighted by Gasteiger charge is -2.12. The number of rotatable bonds is 4. The smallest absolute Gasteiger partial charge is 0.0568 e. The molecule has 0 aromatic rings. The van der Waals surface area contributed by atoms with Gasteiger partial charge >= 0.3 is 0 Å². The quantitative estimate of drug-likeness (QED) is 0.630. The van der Waals surface area contributed by atoms with Crippen molar-refractivity contribution in [3.8, 4) is 0 Å². The van der Waals surface area contributed by atoms with E-state index in [9.17, 15) is 0 Å². The summed E-state index contributed by atoms with van der Waals surface area (Å²) >= 11 is 0. The minimum absolute atomic E-state index is 0.736. The van der Waals surface area contributed by atoms with Crippen LogP contribution in [0.25, 0.3) is 0 Å². The van der Waals surface area contributed by atoms with Gasteiger partial charge in [-0.15, -0.1) is 0 Å². The second-order valence-electron chi connectivity index (χ2n) is 3.79. The Morgan fingerprint density at radius 1 is 1.38 bits per heavy atom. The second kappa shape index (κ2) is 5.00. The fourth-order valence-electron chi connectivity index (χ4n) is 1.59. The largest absolute Gasteiger partial charge is 0.301 e. The molecule has 1 nitrogen and oxygen atoms in total. The summed E-state index contributed by atoms with van der Waals surface area (Å²) in [6, 6.07) is 0. The first-order valence-corrected chi connectivity index (χ1v) is 5.19. The van der Waals surface area contributed by atoms with Crippen LogP contribution in [0.15, 0.2) is 23.3 Å². The summed E-state index contributed by atoms with van der Waals surface area (Å²) in [6.45, 7) is 4.30. The van der Waals surface area contributed by atoms with Crippen LogP contribution in [-0.2, 0) is 0 Å². The Morgan fingerprint density at radius 2 is 2.15 bits per heavy atom. The highest BCUT2D eigenvalue weighted by Crippen LogP contribution is 2.19. The molecule has 72 valence electrons. The number of allylic oxidation sites excluding steroid dienone is 4. The maximum Gasteiger partial charge on any atom is 0.0568 e. The van der Waals surface area contributed by atoms with E-state index >= 15 is 0 Å². The topological polar surface area (TPSA) is 23.9 Å². The minimum Gasteiger partial charge on any atom is -0.301 e. The Labute approximate surface area is 81.1 Å². The van der Waals surface area contributed by atoms with Gasteiger partial charge in [-0.25, -0.2) is 0 Å². The molecule has 0 amide bonds. The fraction of sp³-hybridized carbons (Fsp3) is 0.583. The zero-order valence-corrected chi connectivity index (χ0v) is 8.69. The Morgan fingerprint density at radius 3 is 2.77 bits per heavy atom. The first kappa shape index (κ1) is 10.2. The van der Waals surface area contributed by atoms with E-state index in [1.807, 2.05) is 6.08 Å². The van der Waals surface area contributed by atoms with Crippen LogP contribution in [0.3, 0.4) is 0 Å². The first-order valence-electron chi connectivity index (χ1n) is 5.19. The van der Waals surface area contributed by atoms with Crippen molar-refractivity contribution in [2.75, 3.05) is 0 Å². The molecule has 0 fully saturated rings. The minimum atomic E-state index is 0.736. The molecule has 0 bridgehead atoms. The average Bonchev–Trinajstić information content (AvgIpc) is 2.09. The molecule has 0 aliphatic heterocycles. The van der Waals surface area contributed by atoms with Gasteiger partial charge in [0.05, 0.1) is 5.71 Å². The third kappa shape index (κ3) is 3.17. The summed E-state index contributed by atoms with van der Waals surface area (Å²) in [6.07, 6.45) is 10.1. The zero-order valence-electron chi connectivity index (χ0n) is 8.69. The first-order chi connectivity index (χ1) is 6.24. The van der Waals surface area contributed by atoms with Gasteiger partial charge in [0.15, 0.2) is 0 Å². The van der Waals surface area contributed by atoms with Crippen LogP contribution in [0.4, 0.5) is 0 Å². The predicted octanol–water partition coefficient (Wildman–Crippen LogP) is 3.86. The summed E-state index contributed by atoms with van der Waals surface area (Å²) in [5.74, 6) is 0. The van der Waals surface area contributed by atoms with E-state index in [1.165, 1.54) is 30.4 Å². The fourth-order valence-corrected chi connectivity index (χ4v) is 1.59. The highest BCUT2D eigenvalue weighted by atomic mass is 14.4. The Kier molecular flexibility index (Phi) is 3.94. The van der Waals surface area contributed by atoms with Crippen LogP contribution in [0.1, 0.15) is 46.0 Å². The van der Waals surface area contributed by atoms with Crippen LogP contribution in [-0.4, -0.2) is 5.71 Å². The van der Waals surface area contributed by atoms with Crippen LogP contribution >= 0.6 is 0 Å². The van der Waals surface area contributed by atoms with Gasteiger partial charge in [0, 0.05) is 0 Å². The lowest BCUT2D eigenvalue weighted by Crippen LogP contribution is -2.03. The number of nitrogens with one attached hydrogen (secondary N) is 1. The molecular formula is C12H19N. The number of hydrogen-bond acceptors (Lipinski definition) is 1. The molecule has 1 heteroatoms.